The molecule has 1 unspecified atom stereocenters. The number of aliphatic hydroxyl groups excluding tert-OH is 1. The van der Waals surface area contributed by atoms with Gasteiger partial charge >= 0.3 is 0 Å². The minimum Gasteiger partial charge on any atom is -0.397 e. The molecular formula is C12H17N3O2. The van der Waals surface area contributed by atoms with Crippen molar-refractivity contribution in [2.24, 2.45) is 0 Å². The van der Waals surface area contributed by atoms with E-state index in [0.717, 1.165) is 12.8 Å². The van der Waals surface area contributed by atoms with Crippen molar-refractivity contribution < 1.29 is 9.90 Å². The Balaban J connectivity index is 2.21. The number of carbonyl (C=O) groups is 1. The third-order valence-electron chi connectivity index (χ3n) is 3.02. The number of amides is 1. The first-order valence-corrected chi connectivity index (χ1v) is 5.77. The Bertz CT molecular complexity index is 434. The first kappa shape index (κ1) is 11.9. The van der Waals surface area contributed by atoms with Crippen LogP contribution in [0.15, 0.2) is 12.3 Å². The van der Waals surface area contributed by atoms with Gasteiger partial charge in [0.1, 0.15) is 0 Å². The molecule has 1 fully saturated rings. The molecule has 0 radical (unpaired) electrons. The SMILES string of the molecule is Cc1ncc(N)cc1C(=O)N1CCCC(O)C1. The number of carbonyl (C=O) groups excluding carboxylic acids is 1. The highest BCUT2D eigenvalue weighted by atomic mass is 16.3. The van der Waals surface area contributed by atoms with E-state index in [-0.39, 0.29) is 5.91 Å². The summed E-state index contributed by atoms with van der Waals surface area (Å²) < 4.78 is 0. The number of piperidine rings is 1. The Morgan fingerprint density at radius 1 is 1.65 bits per heavy atom. The van der Waals surface area contributed by atoms with E-state index in [1.54, 1.807) is 17.9 Å². The van der Waals surface area contributed by atoms with Gasteiger partial charge in [-0.05, 0) is 25.8 Å². The van der Waals surface area contributed by atoms with Gasteiger partial charge in [-0.15, -0.1) is 0 Å². The van der Waals surface area contributed by atoms with Gasteiger partial charge in [0, 0.05) is 13.1 Å². The van der Waals surface area contributed by atoms with Crippen molar-refractivity contribution in [1.82, 2.24) is 9.88 Å². The Labute approximate surface area is 100 Å². The highest BCUT2D eigenvalue weighted by Crippen LogP contribution is 2.16. The average Bonchev–Trinajstić information content (AvgIpc) is 2.31. The van der Waals surface area contributed by atoms with E-state index in [4.69, 9.17) is 5.73 Å². The van der Waals surface area contributed by atoms with E-state index in [2.05, 4.69) is 4.98 Å². The Kier molecular flexibility index (Phi) is 3.28. The normalized spacial score (nSPS) is 20.4. The van der Waals surface area contributed by atoms with Crippen LogP contribution in [0.1, 0.15) is 28.9 Å². The van der Waals surface area contributed by atoms with Gasteiger partial charge in [0.15, 0.2) is 0 Å². The number of hydrogen-bond donors (Lipinski definition) is 2. The van der Waals surface area contributed by atoms with Crippen molar-refractivity contribution in [3.63, 3.8) is 0 Å². The number of likely N-dealkylation sites (tertiary alicyclic amines) is 1. The maximum absolute atomic E-state index is 12.2. The molecule has 1 aliphatic rings. The van der Waals surface area contributed by atoms with Crippen molar-refractivity contribution >= 4 is 11.6 Å². The van der Waals surface area contributed by atoms with E-state index in [9.17, 15) is 9.90 Å². The Hall–Kier alpha value is -1.62. The fraction of sp³-hybridized carbons (Fsp3) is 0.500. The quantitative estimate of drug-likeness (QED) is 0.745. The lowest BCUT2D eigenvalue weighted by molar-refractivity contribution is 0.0473. The zero-order valence-corrected chi connectivity index (χ0v) is 9.89. The van der Waals surface area contributed by atoms with Crippen molar-refractivity contribution in [2.45, 2.75) is 25.9 Å². The van der Waals surface area contributed by atoms with Gasteiger partial charge in [-0.2, -0.15) is 0 Å². The van der Waals surface area contributed by atoms with Crippen LogP contribution in [-0.2, 0) is 0 Å². The van der Waals surface area contributed by atoms with Crippen LogP contribution in [0, 0.1) is 6.92 Å². The molecule has 1 amide bonds. The summed E-state index contributed by atoms with van der Waals surface area (Å²) in [6, 6.07) is 1.64. The molecule has 0 aromatic carbocycles. The van der Waals surface area contributed by atoms with E-state index in [1.807, 2.05) is 0 Å². The molecular weight excluding hydrogens is 218 g/mol. The number of rotatable bonds is 1. The number of anilines is 1. The molecule has 1 saturated heterocycles. The summed E-state index contributed by atoms with van der Waals surface area (Å²) in [4.78, 5) is 18.0. The predicted molar refractivity (Wildman–Crippen MR) is 64.5 cm³/mol. The molecule has 0 bridgehead atoms. The monoisotopic (exact) mass is 235 g/mol. The minimum atomic E-state index is -0.415. The molecule has 1 aromatic rings. The zero-order chi connectivity index (χ0) is 12.4. The van der Waals surface area contributed by atoms with Crippen LogP contribution in [0.5, 0.6) is 0 Å². The molecule has 2 heterocycles. The van der Waals surface area contributed by atoms with Crippen LogP contribution < -0.4 is 5.73 Å². The predicted octanol–water partition coefficient (Wildman–Crippen LogP) is 0.569. The second kappa shape index (κ2) is 4.71. The molecule has 0 spiro atoms. The number of β-amino-alcohol motifs (C(OH)–C–C–N with tert-alkyl or cyclic N) is 1. The largest absolute Gasteiger partial charge is 0.397 e. The molecule has 0 saturated carbocycles. The van der Waals surface area contributed by atoms with Gasteiger partial charge in [0.05, 0.1) is 29.2 Å². The van der Waals surface area contributed by atoms with Crippen molar-refractivity contribution in [3.05, 3.63) is 23.5 Å². The number of pyridine rings is 1. The molecule has 3 N–H and O–H groups in total. The summed E-state index contributed by atoms with van der Waals surface area (Å²) in [7, 11) is 0. The van der Waals surface area contributed by atoms with Gasteiger partial charge in [-0.25, -0.2) is 0 Å². The van der Waals surface area contributed by atoms with Crippen LogP contribution in [-0.4, -0.2) is 40.1 Å². The van der Waals surface area contributed by atoms with Crippen molar-refractivity contribution in [1.29, 1.82) is 0 Å². The number of aliphatic hydroxyl groups is 1. The summed E-state index contributed by atoms with van der Waals surface area (Å²) in [5.41, 5.74) is 7.32. The second-order valence-corrected chi connectivity index (χ2v) is 4.45. The molecule has 17 heavy (non-hydrogen) atoms. The van der Waals surface area contributed by atoms with Gasteiger partial charge in [-0.3, -0.25) is 9.78 Å². The maximum Gasteiger partial charge on any atom is 0.255 e. The fourth-order valence-corrected chi connectivity index (χ4v) is 2.08. The van der Waals surface area contributed by atoms with Crippen molar-refractivity contribution in [2.75, 3.05) is 18.8 Å². The summed E-state index contributed by atoms with van der Waals surface area (Å²) in [6.45, 7) is 2.87. The molecule has 92 valence electrons. The van der Waals surface area contributed by atoms with Crippen LogP contribution in [0.2, 0.25) is 0 Å². The minimum absolute atomic E-state index is 0.0962. The molecule has 1 aromatic heterocycles. The zero-order valence-electron chi connectivity index (χ0n) is 9.89. The van der Waals surface area contributed by atoms with Gasteiger partial charge in [0.25, 0.3) is 5.91 Å². The van der Waals surface area contributed by atoms with E-state index >= 15 is 0 Å². The van der Waals surface area contributed by atoms with Crippen molar-refractivity contribution in [3.8, 4) is 0 Å². The molecule has 2 rings (SSSR count). The van der Waals surface area contributed by atoms with Gasteiger partial charge in [-0.1, -0.05) is 0 Å². The molecule has 1 aliphatic heterocycles. The first-order valence-electron chi connectivity index (χ1n) is 5.77. The molecule has 5 nitrogen and oxygen atoms in total. The molecule has 5 heteroatoms. The first-order chi connectivity index (χ1) is 8.08. The van der Waals surface area contributed by atoms with E-state index < -0.39 is 6.10 Å². The number of nitrogens with two attached hydrogens (primary N) is 1. The third kappa shape index (κ3) is 2.55. The highest BCUT2D eigenvalue weighted by Gasteiger charge is 2.24. The lowest BCUT2D eigenvalue weighted by atomic mass is 10.1. The smallest absolute Gasteiger partial charge is 0.255 e. The lowest BCUT2D eigenvalue weighted by Crippen LogP contribution is -2.42. The van der Waals surface area contributed by atoms with Crippen LogP contribution in [0.4, 0.5) is 5.69 Å². The summed E-state index contributed by atoms with van der Waals surface area (Å²) in [6.07, 6.45) is 2.72. The summed E-state index contributed by atoms with van der Waals surface area (Å²) >= 11 is 0. The Morgan fingerprint density at radius 3 is 3.12 bits per heavy atom. The maximum atomic E-state index is 12.2. The van der Waals surface area contributed by atoms with E-state index in [1.165, 1.54) is 6.20 Å². The van der Waals surface area contributed by atoms with Crippen LogP contribution in [0.25, 0.3) is 0 Å². The van der Waals surface area contributed by atoms with Crippen LogP contribution in [0.3, 0.4) is 0 Å². The van der Waals surface area contributed by atoms with Gasteiger partial charge < -0.3 is 15.7 Å². The summed E-state index contributed by atoms with van der Waals surface area (Å²) in [5.74, 6) is -0.0962. The summed E-state index contributed by atoms with van der Waals surface area (Å²) in [5, 5.41) is 9.57. The number of hydrogen-bond acceptors (Lipinski definition) is 4. The standard InChI is InChI=1S/C12H17N3O2/c1-8-11(5-9(13)6-14-8)12(17)15-4-2-3-10(16)7-15/h5-6,10,16H,2-4,7,13H2,1H3. The molecule has 1 atom stereocenters. The second-order valence-electron chi connectivity index (χ2n) is 4.45. The fourth-order valence-electron chi connectivity index (χ4n) is 2.08. The van der Waals surface area contributed by atoms with Crippen LogP contribution >= 0.6 is 0 Å². The number of aryl methyl sites for hydroxylation is 1. The average molecular weight is 235 g/mol. The number of nitrogens with zero attached hydrogens (tertiary/aromatic N) is 2. The molecule has 0 aliphatic carbocycles. The third-order valence-corrected chi connectivity index (χ3v) is 3.02. The number of nitrogen functional groups attached to an aromatic ring is 1. The topological polar surface area (TPSA) is 79.5 Å². The lowest BCUT2D eigenvalue weighted by Gasteiger charge is -2.30. The highest BCUT2D eigenvalue weighted by molar-refractivity contribution is 5.96. The van der Waals surface area contributed by atoms with E-state index in [0.29, 0.717) is 30.0 Å². The van der Waals surface area contributed by atoms with Gasteiger partial charge in [0.2, 0.25) is 0 Å². The number of aromatic nitrogens is 1. The Morgan fingerprint density at radius 2 is 2.41 bits per heavy atom.